The minimum Gasteiger partial charge on any atom is -0.394 e. The van der Waals surface area contributed by atoms with Gasteiger partial charge in [0.1, 0.15) is 30.5 Å². The van der Waals surface area contributed by atoms with Gasteiger partial charge in [-0.2, -0.15) is 0 Å². The third kappa shape index (κ3) is 33.3. The zero-order valence-electron chi connectivity index (χ0n) is 41.2. The largest absolute Gasteiger partial charge is 0.394 e. The lowest BCUT2D eigenvalue weighted by Crippen LogP contribution is -2.60. The highest BCUT2D eigenvalue weighted by atomic mass is 16.7. The maximum absolute atomic E-state index is 13.1. The van der Waals surface area contributed by atoms with Crippen LogP contribution < -0.4 is 5.32 Å². The van der Waals surface area contributed by atoms with E-state index in [1.54, 1.807) is 0 Å². The van der Waals surface area contributed by atoms with Crippen LogP contribution in [0.2, 0.25) is 0 Å². The molecule has 10 heteroatoms. The summed E-state index contributed by atoms with van der Waals surface area (Å²) in [6, 6.07) is -0.888. The minimum atomic E-state index is -1.59. The van der Waals surface area contributed by atoms with Gasteiger partial charge in [0.15, 0.2) is 6.29 Å². The van der Waals surface area contributed by atoms with Crippen molar-refractivity contribution in [2.45, 2.75) is 320 Å². The van der Waals surface area contributed by atoms with Gasteiger partial charge >= 0.3 is 0 Å². The van der Waals surface area contributed by atoms with Crippen molar-refractivity contribution in [1.82, 2.24) is 5.32 Å². The van der Waals surface area contributed by atoms with Crippen LogP contribution >= 0.6 is 0 Å². The lowest BCUT2D eigenvalue weighted by molar-refractivity contribution is -0.302. The van der Waals surface area contributed by atoms with Crippen molar-refractivity contribution in [2.75, 3.05) is 13.2 Å². The maximum atomic E-state index is 13.1. The van der Waals surface area contributed by atoms with Crippen molar-refractivity contribution in [3.8, 4) is 0 Å². The molecule has 0 saturated carbocycles. The molecule has 0 aromatic carbocycles. The van der Waals surface area contributed by atoms with E-state index < -0.39 is 61.5 Å². The van der Waals surface area contributed by atoms with Gasteiger partial charge in [0.25, 0.3) is 0 Å². The Balaban J connectivity index is 2.21. The number of amides is 1. The average Bonchev–Trinajstić information content (AvgIpc) is 3.28. The zero-order chi connectivity index (χ0) is 46.0. The zero-order valence-corrected chi connectivity index (χ0v) is 41.2. The van der Waals surface area contributed by atoms with Gasteiger partial charge in [0.05, 0.1) is 25.4 Å². The molecule has 63 heavy (non-hydrogen) atoms. The number of rotatable bonds is 47. The highest BCUT2D eigenvalue weighted by Gasteiger charge is 2.44. The first-order valence-corrected chi connectivity index (χ1v) is 27.3. The first kappa shape index (κ1) is 60.2. The third-order valence-corrected chi connectivity index (χ3v) is 13.6. The van der Waals surface area contributed by atoms with Crippen LogP contribution in [-0.2, 0) is 14.3 Å². The van der Waals surface area contributed by atoms with Crippen LogP contribution in [0.25, 0.3) is 0 Å². The summed E-state index contributed by atoms with van der Waals surface area (Å²) in [5, 5.41) is 65.0. The molecule has 1 amide bonds. The molecule has 0 spiro atoms. The minimum absolute atomic E-state index is 0.250. The van der Waals surface area contributed by atoms with E-state index in [0.29, 0.717) is 12.8 Å². The van der Waals surface area contributed by atoms with Gasteiger partial charge < -0.3 is 45.4 Å². The number of carbonyl (C=O) groups excluding carboxylic acids is 1. The van der Waals surface area contributed by atoms with Crippen LogP contribution in [0.15, 0.2) is 0 Å². The molecule has 1 aliphatic heterocycles. The normalized spacial score (nSPS) is 20.5. The van der Waals surface area contributed by atoms with Crippen molar-refractivity contribution >= 4 is 5.91 Å². The van der Waals surface area contributed by atoms with Crippen LogP contribution in [-0.4, -0.2) is 98.7 Å². The fourth-order valence-electron chi connectivity index (χ4n) is 9.11. The lowest BCUT2D eigenvalue weighted by Gasteiger charge is -2.40. The molecule has 10 nitrogen and oxygen atoms in total. The predicted octanol–water partition coefficient (Wildman–Crippen LogP) is 11.7. The molecule has 1 fully saturated rings. The van der Waals surface area contributed by atoms with Crippen molar-refractivity contribution in [1.29, 1.82) is 0 Å². The van der Waals surface area contributed by atoms with Crippen LogP contribution in [0.5, 0.6) is 0 Å². The number of unbranched alkanes of at least 4 members (excludes halogenated alkanes) is 36. The summed E-state index contributed by atoms with van der Waals surface area (Å²) in [5.41, 5.74) is 0. The summed E-state index contributed by atoms with van der Waals surface area (Å²) in [6.07, 6.45) is 40.2. The SMILES string of the molecule is CCCCCCCCCCCCCCCCCCCCCCCCCCCC(O)C(=O)NC(COC1OC(CO)C(O)C(O)C1O)C(O)CCCCCCCCCCCCCCC. The fourth-order valence-corrected chi connectivity index (χ4v) is 9.11. The highest BCUT2D eigenvalue weighted by molar-refractivity contribution is 5.80. The number of aliphatic hydroxyl groups excluding tert-OH is 6. The Labute approximate surface area is 387 Å². The van der Waals surface area contributed by atoms with E-state index in [9.17, 15) is 35.4 Å². The van der Waals surface area contributed by atoms with Crippen LogP contribution in [0.1, 0.15) is 271 Å². The molecular formula is C53H105NO9. The third-order valence-electron chi connectivity index (χ3n) is 13.6. The standard InChI is InChI=1S/C53H105NO9/c1-3-5-7-9-11-13-15-17-18-19-20-21-22-23-24-25-26-27-28-30-32-34-36-38-40-42-47(57)52(61)54-45(44-62-53-51(60)50(59)49(58)48(43-55)63-53)46(56)41-39-37-35-33-31-29-16-14-12-10-8-6-4-2/h45-51,53,55-60H,3-44H2,1-2H3,(H,54,61). The van der Waals surface area contributed by atoms with Crippen LogP contribution in [0, 0.1) is 0 Å². The molecule has 0 aliphatic carbocycles. The van der Waals surface area contributed by atoms with E-state index in [4.69, 9.17) is 9.47 Å². The summed E-state index contributed by atoms with van der Waals surface area (Å²) in [7, 11) is 0. The van der Waals surface area contributed by atoms with E-state index >= 15 is 0 Å². The van der Waals surface area contributed by atoms with Gasteiger partial charge in [-0.05, 0) is 12.8 Å². The number of hydrogen-bond donors (Lipinski definition) is 7. The van der Waals surface area contributed by atoms with E-state index in [-0.39, 0.29) is 6.61 Å². The van der Waals surface area contributed by atoms with Gasteiger partial charge in [0, 0.05) is 0 Å². The summed E-state index contributed by atoms with van der Waals surface area (Å²) in [4.78, 5) is 13.1. The number of carbonyl (C=O) groups is 1. The number of hydrogen-bond acceptors (Lipinski definition) is 9. The molecule has 376 valence electrons. The van der Waals surface area contributed by atoms with E-state index in [0.717, 1.165) is 44.9 Å². The van der Waals surface area contributed by atoms with Gasteiger partial charge in [0.2, 0.25) is 5.91 Å². The summed E-state index contributed by atoms with van der Waals surface area (Å²) >= 11 is 0. The molecule has 0 radical (unpaired) electrons. The van der Waals surface area contributed by atoms with Gasteiger partial charge in [-0.3, -0.25) is 4.79 Å². The molecule has 8 unspecified atom stereocenters. The smallest absolute Gasteiger partial charge is 0.249 e. The Morgan fingerprint density at radius 2 is 0.794 bits per heavy atom. The molecule has 1 aliphatic rings. The first-order chi connectivity index (χ1) is 30.8. The Hall–Kier alpha value is -0.850. The molecule has 1 rings (SSSR count). The van der Waals surface area contributed by atoms with Gasteiger partial charge in [-0.25, -0.2) is 0 Å². The lowest BCUT2D eigenvalue weighted by atomic mass is 9.99. The second-order valence-electron chi connectivity index (χ2n) is 19.5. The topological polar surface area (TPSA) is 169 Å². The van der Waals surface area contributed by atoms with Crippen molar-refractivity contribution < 1.29 is 44.9 Å². The Kier molecular flexibility index (Phi) is 41.7. The Bertz CT molecular complexity index is 973. The number of nitrogens with one attached hydrogen (secondary N) is 1. The van der Waals surface area contributed by atoms with E-state index in [1.165, 1.54) is 199 Å². The summed E-state index contributed by atoms with van der Waals surface area (Å²) in [5.74, 6) is -0.578. The second kappa shape index (κ2) is 43.7. The molecular weight excluding hydrogens is 795 g/mol. The molecule has 1 heterocycles. The van der Waals surface area contributed by atoms with Crippen molar-refractivity contribution in [3.63, 3.8) is 0 Å². The van der Waals surface area contributed by atoms with E-state index in [2.05, 4.69) is 19.2 Å². The molecule has 8 atom stereocenters. The van der Waals surface area contributed by atoms with Crippen LogP contribution in [0.4, 0.5) is 0 Å². The van der Waals surface area contributed by atoms with Gasteiger partial charge in [-0.1, -0.05) is 258 Å². The summed E-state index contributed by atoms with van der Waals surface area (Å²) < 4.78 is 11.2. The highest BCUT2D eigenvalue weighted by Crippen LogP contribution is 2.23. The molecule has 0 aromatic rings. The quantitative estimate of drug-likeness (QED) is 0.0294. The molecule has 0 bridgehead atoms. The van der Waals surface area contributed by atoms with E-state index in [1.807, 2.05) is 0 Å². The van der Waals surface area contributed by atoms with Crippen molar-refractivity contribution in [2.24, 2.45) is 0 Å². The predicted molar refractivity (Wildman–Crippen MR) is 260 cm³/mol. The number of ether oxygens (including phenoxy) is 2. The molecule has 0 aromatic heterocycles. The maximum Gasteiger partial charge on any atom is 0.249 e. The summed E-state index contributed by atoms with van der Waals surface area (Å²) in [6.45, 7) is 3.70. The molecule has 1 saturated heterocycles. The fraction of sp³-hybridized carbons (Fsp3) is 0.981. The average molecular weight is 900 g/mol. The van der Waals surface area contributed by atoms with Crippen LogP contribution in [0.3, 0.4) is 0 Å². The van der Waals surface area contributed by atoms with Gasteiger partial charge in [-0.15, -0.1) is 0 Å². The monoisotopic (exact) mass is 900 g/mol. The van der Waals surface area contributed by atoms with Crippen molar-refractivity contribution in [3.05, 3.63) is 0 Å². The Morgan fingerprint density at radius 1 is 0.476 bits per heavy atom. The Morgan fingerprint density at radius 3 is 1.13 bits per heavy atom. The second-order valence-corrected chi connectivity index (χ2v) is 19.5. The number of aliphatic hydroxyl groups is 6. The molecule has 7 N–H and O–H groups in total. The first-order valence-electron chi connectivity index (χ1n) is 27.3.